The molecule has 0 aliphatic carbocycles. The molecule has 2 aromatic rings. The first-order valence-electron chi connectivity index (χ1n) is 8.22. The number of H-pyrrole nitrogens is 1. The van der Waals surface area contributed by atoms with E-state index in [-0.39, 0.29) is 12.7 Å². The summed E-state index contributed by atoms with van der Waals surface area (Å²) in [6.07, 6.45) is 4.01. The van der Waals surface area contributed by atoms with Crippen molar-refractivity contribution < 1.29 is 14.3 Å². The lowest BCUT2D eigenvalue weighted by Crippen LogP contribution is -2.35. The highest BCUT2D eigenvalue weighted by molar-refractivity contribution is 5.78. The lowest BCUT2D eigenvalue weighted by molar-refractivity contribution is -0.129. The van der Waals surface area contributed by atoms with E-state index in [1.54, 1.807) is 6.20 Å². The van der Waals surface area contributed by atoms with Crippen molar-refractivity contribution >= 4 is 5.91 Å². The lowest BCUT2D eigenvalue weighted by Gasteiger charge is -2.15. The number of likely N-dealkylation sites (tertiary alicyclic amines) is 1. The molecule has 3 heterocycles. The highest BCUT2D eigenvalue weighted by atomic mass is 16.7. The first-order valence-corrected chi connectivity index (χ1v) is 8.22. The summed E-state index contributed by atoms with van der Waals surface area (Å²) in [6.45, 7) is 2.96. The number of nitrogens with one attached hydrogen (secondary N) is 2. The number of hydrogen-bond acceptors (Lipinski definition) is 5. The average Bonchev–Trinajstić information content (AvgIpc) is 3.34. The summed E-state index contributed by atoms with van der Waals surface area (Å²) in [5.41, 5.74) is 2.93. The van der Waals surface area contributed by atoms with Gasteiger partial charge in [-0.3, -0.25) is 9.89 Å². The van der Waals surface area contributed by atoms with Crippen LogP contribution in [0.2, 0.25) is 0 Å². The normalized spacial score (nSPS) is 15.9. The minimum atomic E-state index is 0.167. The van der Waals surface area contributed by atoms with Crippen LogP contribution < -0.4 is 14.8 Å². The van der Waals surface area contributed by atoms with Gasteiger partial charge in [-0.1, -0.05) is 0 Å². The SMILES string of the molecule is O=C(CNCc1cn[nH]c1-c1ccc2c(c1)OCO2)N1CCCC1. The number of rotatable bonds is 5. The maximum Gasteiger partial charge on any atom is 0.236 e. The summed E-state index contributed by atoms with van der Waals surface area (Å²) in [4.78, 5) is 14.0. The molecule has 2 N–H and O–H groups in total. The second kappa shape index (κ2) is 6.52. The Hall–Kier alpha value is -2.54. The molecule has 4 rings (SSSR count). The van der Waals surface area contributed by atoms with Gasteiger partial charge in [-0.15, -0.1) is 0 Å². The average molecular weight is 328 g/mol. The number of aromatic amines is 1. The molecule has 24 heavy (non-hydrogen) atoms. The number of carbonyl (C=O) groups excluding carboxylic acids is 1. The van der Waals surface area contributed by atoms with Crippen LogP contribution in [0, 0.1) is 0 Å². The fourth-order valence-corrected chi connectivity index (χ4v) is 3.13. The molecule has 0 atom stereocenters. The zero-order chi connectivity index (χ0) is 16.4. The smallest absolute Gasteiger partial charge is 0.236 e. The van der Waals surface area contributed by atoms with Crippen molar-refractivity contribution in [1.82, 2.24) is 20.4 Å². The van der Waals surface area contributed by atoms with E-state index in [1.807, 2.05) is 23.1 Å². The zero-order valence-electron chi connectivity index (χ0n) is 13.4. The predicted octanol–water partition coefficient (Wildman–Crippen LogP) is 1.52. The van der Waals surface area contributed by atoms with E-state index in [2.05, 4.69) is 15.5 Å². The fourth-order valence-electron chi connectivity index (χ4n) is 3.13. The Kier molecular flexibility index (Phi) is 4.08. The Bertz CT molecular complexity index is 737. The summed E-state index contributed by atoms with van der Waals surface area (Å²) in [5, 5.41) is 10.4. The van der Waals surface area contributed by atoms with Crippen LogP contribution in [0.3, 0.4) is 0 Å². The topological polar surface area (TPSA) is 79.5 Å². The third-order valence-corrected chi connectivity index (χ3v) is 4.43. The van der Waals surface area contributed by atoms with Gasteiger partial charge in [0.05, 0.1) is 18.4 Å². The monoisotopic (exact) mass is 328 g/mol. The maximum absolute atomic E-state index is 12.1. The van der Waals surface area contributed by atoms with Gasteiger partial charge in [-0.05, 0) is 31.0 Å². The summed E-state index contributed by atoms with van der Waals surface area (Å²) in [6, 6.07) is 5.81. The molecule has 0 spiro atoms. The van der Waals surface area contributed by atoms with Crippen molar-refractivity contribution in [2.75, 3.05) is 26.4 Å². The molecule has 7 nitrogen and oxygen atoms in total. The number of ether oxygens (including phenoxy) is 2. The Morgan fingerprint density at radius 1 is 1.25 bits per heavy atom. The molecule has 1 aromatic heterocycles. The van der Waals surface area contributed by atoms with Crippen LogP contribution in [0.5, 0.6) is 11.5 Å². The summed E-state index contributed by atoms with van der Waals surface area (Å²) < 4.78 is 10.8. The lowest BCUT2D eigenvalue weighted by atomic mass is 10.1. The van der Waals surface area contributed by atoms with Crippen LogP contribution in [0.15, 0.2) is 24.4 Å². The molecule has 1 aromatic carbocycles. The number of fused-ring (bicyclic) bond motifs is 1. The summed E-state index contributed by atoms with van der Waals surface area (Å²) in [7, 11) is 0. The van der Waals surface area contributed by atoms with E-state index in [4.69, 9.17) is 9.47 Å². The highest BCUT2D eigenvalue weighted by Crippen LogP contribution is 2.36. The van der Waals surface area contributed by atoms with Crippen molar-refractivity contribution in [1.29, 1.82) is 0 Å². The Balaban J connectivity index is 1.40. The first-order chi connectivity index (χ1) is 11.8. The largest absolute Gasteiger partial charge is 0.454 e. The van der Waals surface area contributed by atoms with Crippen LogP contribution in [0.4, 0.5) is 0 Å². The van der Waals surface area contributed by atoms with Crippen molar-refractivity contribution in [3.8, 4) is 22.8 Å². The van der Waals surface area contributed by atoms with Crippen molar-refractivity contribution in [2.24, 2.45) is 0 Å². The molecule has 2 aliphatic rings. The van der Waals surface area contributed by atoms with E-state index in [1.165, 1.54) is 0 Å². The molecule has 1 amide bonds. The fraction of sp³-hybridized carbons (Fsp3) is 0.412. The van der Waals surface area contributed by atoms with Crippen molar-refractivity contribution in [2.45, 2.75) is 19.4 Å². The summed E-state index contributed by atoms with van der Waals surface area (Å²) >= 11 is 0. The first kappa shape index (κ1) is 15.0. The van der Waals surface area contributed by atoms with Gasteiger partial charge in [0, 0.05) is 30.8 Å². The third kappa shape index (κ3) is 2.94. The zero-order valence-corrected chi connectivity index (χ0v) is 13.4. The van der Waals surface area contributed by atoms with Crippen molar-refractivity contribution in [3.63, 3.8) is 0 Å². The molecule has 2 aliphatic heterocycles. The molecule has 0 radical (unpaired) electrons. The third-order valence-electron chi connectivity index (χ3n) is 4.43. The van der Waals surface area contributed by atoms with Gasteiger partial charge in [0.15, 0.2) is 11.5 Å². The second-order valence-electron chi connectivity index (χ2n) is 6.03. The Morgan fingerprint density at radius 2 is 2.08 bits per heavy atom. The number of aromatic nitrogens is 2. The molecule has 0 unspecified atom stereocenters. The number of carbonyl (C=O) groups is 1. The van der Waals surface area contributed by atoms with E-state index < -0.39 is 0 Å². The summed E-state index contributed by atoms with van der Waals surface area (Å²) in [5.74, 6) is 1.67. The molecule has 7 heteroatoms. The van der Waals surface area contributed by atoms with Crippen LogP contribution in [0.25, 0.3) is 11.3 Å². The minimum absolute atomic E-state index is 0.167. The van der Waals surface area contributed by atoms with Gasteiger partial charge >= 0.3 is 0 Å². The van der Waals surface area contributed by atoms with E-state index >= 15 is 0 Å². The van der Waals surface area contributed by atoms with Gasteiger partial charge in [0.25, 0.3) is 0 Å². The number of amides is 1. The van der Waals surface area contributed by atoms with Gasteiger partial charge in [-0.2, -0.15) is 5.10 Å². The molecular formula is C17H20N4O3. The Labute approximate surface area is 139 Å². The highest BCUT2D eigenvalue weighted by Gasteiger charge is 2.18. The molecular weight excluding hydrogens is 308 g/mol. The van der Waals surface area contributed by atoms with Crippen LogP contribution in [-0.2, 0) is 11.3 Å². The molecule has 0 saturated carbocycles. The number of benzene rings is 1. The minimum Gasteiger partial charge on any atom is -0.454 e. The number of nitrogens with zero attached hydrogens (tertiary/aromatic N) is 2. The molecule has 1 saturated heterocycles. The van der Waals surface area contributed by atoms with Crippen LogP contribution in [0.1, 0.15) is 18.4 Å². The van der Waals surface area contributed by atoms with Gasteiger partial charge in [0.1, 0.15) is 0 Å². The van der Waals surface area contributed by atoms with E-state index in [9.17, 15) is 4.79 Å². The van der Waals surface area contributed by atoms with Crippen molar-refractivity contribution in [3.05, 3.63) is 30.0 Å². The molecule has 0 bridgehead atoms. The predicted molar refractivity (Wildman–Crippen MR) is 87.7 cm³/mol. The number of hydrogen-bond donors (Lipinski definition) is 2. The second-order valence-corrected chi connectivity index (χ2v) is 6.03. The maximum atomic E-state index is 12.1. The van der Waals surface area contributed by atoms with Crippen LogP contribution >= 0.6 is 0 Å². The molecule has 126 valence electrons. The van der Waals surface area contributed by atoms with E-state index in [0.29, 0.717) is 13.1 Å². The van der Waals surface area contributed by atoms with Crippen LogP contribution in [-0.4, -0.2) is 47.4 Å². The van der Waals surface area contributed by atoms with Gasteiger partial charge < -0.3 is 19.7 Å². The van der Waals surface area contributed by atoms with Gasteiger partial charge in [0.2, 0.25) is 12.7 Å². The standard InChI is InChI=1S/C17H20N4O3/c22-16(21-5-1-2-6-21)10-18-8-13-9-19-20-17(13)12-3-4-14-15(7-12)24-11-23-14/h3-4,7,9,18H,1-2,5-6,8,10-11H2,(H,19,20). The molecule has 1 fully saturated rings. The Morgan fingerprint density at radius 3 is 2.96 bits per heavy atom. The van der Waals surface area contributed by atoms with Gasteiger partial charge in [-0.25, -0.2) is 0 Å². The quantitative estimate of drug-likeness (QED) is 0.870. The van der Waals surface area contributed by atoms with E-state index in [0.717, 1.165) is 54.3 Å².